The van der Waals surface area contributed by atoms with Crippen LogP contribution in [0.4, 0.5) is 17.1 Å². The molecule has 0 aliphatic carbocycles. The van der Waals surface area contributed by atoms with Crippen molar-refractivity contribution in [3.05, 3.63) is 63.7 Å². The normalized spacial score (nSPS) is 14.3. The van der Waals surface area contributed by atoms with Crippen molar-refractivity contribution in [3.63, 3.8) is 0 Å². The summed E-state index contributed by atoms with van der Waals surface area (Å²) in [5.41, 5.74) is 2.02. The molecule has 1 heterocycles. The number of hydrogen-bond donors (Lipinski definition) is 1. The minimum atomic E-state index is -0.757. The number of nitro benzene ring substituents is 1. The number of carbonyl (C=O) groups is 2. The Balaban J connectivity index is 1.73. The number of anilines is 2. The standard InChI is InChI=1S/C22H25N3O5/c1-15-9-11-24(12-10-15)20-8-7-17(25(28)29)13-18(20)22(27)30-14-21(26)23-19-6-4-3-5-16(19)2/h3-8,13,15H,9-12,14H2,1-2H3,(H,23,26). The summed E-state index contributed by atoms with van der Waals surface area (Å²) in [4.78, 5) is 37.6. The van der Waals surface area contributed by atoms with Gasteiger partial charge < -0.3 is 15.0 Å². The summed E-state index contributed by atoms with van der Waals surface area (Å²) in [7, 11) is 0. The minimum Gasteiger partial charge on any atom is -0.452 e. The van der Waals surface area contributed by atoms with Gasteiger partial charge in [0.2, 0.25) is 0 Å². The number of nitrogens with zero attached hydrogens (tertiary/aromatic N) is 2. The van der Waals surface area contributed by atoms with Gasteiger partial charge in [0, 0.05) is 30.9 Å². The van der Waals surface area contributed by atoms with Crippen LogP contribution >= 0.6 is 0 Å². The summed E-state index contributed by atoms with van der Waals surface area (Å²) in [6, 6.07) is 11.4. The van der Waals surface area contributed by atoms with Crippen LogP contribution in [-0.4, -0.2) is 36.5 Å². The summed E-state index contributed by atoms with van der Waals surface area (Å²) in [5.74, 6) is -0.636. The zero-order chi connectivity index (χ0) is 21.7. The Morgan fingerprint density at radius 1 is 1.20 bits per heavy atom. The second-order valence-corrected chi connectivity index (χ2v) is 7.57. The molecule has 0 bridgehead atoms. The number of rotatable bonds is 6. The molecular formula is C22H25N3O5. The molecule has 8 heteroatoms. The first-order valence-corrected chi connectivity index (χ1v) is 9.91. The lowest BCUT2D eigenvalue weighted by Gasteiger charge is -2.33. The Morgan fingerprint density at radius 3 is 2.57 bits per heavy atom. The quantitative estimate of drug-likeness (QED) is 0.439. The molecule has 0 radical (unpaired) electrons. The number of carbonyl (C=O) groups excluding carboxylic acids is 2. The molecule has 0 atom stereocenters. The van der Waals surface area contributed by atoms with Gasteiger partial charge in [0.1, 0.15) is 0 Å². The fraction of sp³-hybridized carbons (Fsp3) is 0.364. The molecule has 1 aliphatic heterocycles. The van der Waals surface area contributed by atoms with Gasteiger partial charge in [-0.15, -0.1) is 0 Å². The highest BCUT2D eigenvalue weighted by Gasteiger charge is 2.24. The number of benzene rings is 2. The zero-order valence-electron chi connectivity index (χ0n) is 17.1. The van der Waals surface area contributed by atoms with E-state index in [1.807, 2.05) is 24.0 Å². The maximum absolute atomic E-state index is 12.7. The molecule has 0 aromatic heterocycles. The Bertz CT molecular complexity index is 952. The van der Waals surface area contributed by atoms with E-state index < -0.39 is 23.4 Å². The lowest BCUT2D eigenvalue weighted by molar-refractivity contribution is -0.384. The SMILES string of the molecule is Cc1ccccc1NC(=O)COC(=O)c1cc([N+](=O)[O-])ccc1N1CCC(C)CC1. The number of piperidine rings is 1. The number of ether oxygens (including phenoxy) is 1. The monoisotopic (exact) mass is 411 g/mol. The molecule has 2 aromatic carbocycles. The van der Waals surface area contributed by atoms with Crippen molar-refractivity contribution in [1.29, 1.82) is 0 Å². The maximum atomic E-state index is 12.7. The van der Waals surface area contributed by atoms with E-state index in [1.165, 1.54) is 12.1 Å². The topological polar surface area (TPSA) is 102 Å². The van der Waals surface area contributed by atoms with E-state index in [1.54, 1.807) is 18.2 Å². The van der Waals surface area contributed by atoms with Crippen LogP contribution in [0.5, 0.6) is 0 Å². The van der Waals surface area contributed by atoms with Crippen molar-refractivity contribution in [2.75, 3.05) is 29.9 Å². The van der Waals surface area contributed by atoms with E-state index >= 15 is 0 Å². The third kappa shape index (κ3) is 5.14. The van der Waals surface area contributed by atoms with Crippen molar-refractivity contribution < 1.29 is 19.2 Å². The smallest absolute Gasteiger partial charge is 0.341 e. The molecule has 1 fully saturated rings. The third-order valence-corrected chi connectivity index (χ3v) is 5.29. The number of non-ortho nitro benzene ring substituents is 1. The zero-order valence-corrected chi connectivity index (χ0v) is 17.1. The molecule has 3 rings (SSSR count). The van der Waals surface area contributed by atoms with Crippen molar-refractivity contribution in [2.24, 2.45) is 5.92 Å². The number of nitro groups is 1. The van der Waals surface area contributed by atoms with Crippen molar-refractivity contribution in [2.45, 2.75) is 26.7 Å². The highest BCUT2D eigenvalue weighted by molar-refractivity contribution is 5.99. The van der Waals surface area contributed by atoms with Crippen LogP contribution in [0.25, 0.3) is 0 Å². The molecular weight excluding hydrogens is 386 g/mol. The Morgan fingerprint density at radius 2 is 1.90 bits per heavy atom. The summed E-state index contributed by atoms with van der Waals surface area (Å²) in [6.07, 6.45) is 1.95. The second-order valence-electron chi connectivity index (χ2n) is 7.57. The van der Waals surface area contributed by atoms with E-state index in [2.05, 4.69) is 12.2 Å². The van der Waals surface area contributed by atoms with Gasteiger partial charge in [-0.1, -0.05) is 25.1 Å². The molecule has 0 saturated carbocycles. The van der Waals surface area contributed by atoms with E-state index in [4.69, 9.17) is 4.74 Å². The fourth-order valence-electron chi connectivity index (χ4n) is 3.43. The molecule has 8 nitrogen and oxygen atoms in total. The third-order valence-electron chi connectivity index (χ3n) is 5.29. The number of amides is 1. The van der Waals surface area contributed by atoms with Gasteiger partial charge in [-0.3, -0.25) is 14.9 Å². The Kier molecular flexibility index (Phi) is 6.66. The average molecular weight is 411 g/mol. The second kappa shape index (κ2) is 9.39. The predicted molar refractivity (Wildman–Crippen MR) is 114 cm³/mol. The molecule has 1 amide bonds. The van der Waals surface area contributed by atoms with Crippen LogP contribution < -0.4 is 10.2 Å². The summed E-state index contributed by atoms with van der Waals surface area (Å²) in [6.45, 7) is 5.07. The minimum absolute atomic E-state index is 0.0995. The largest absolute Gasteiger partial charge is 0.452 e. The molecule has 1 saturated heterocycles. The molecule has 30 heavy (non-hydrogen) atoms. The van der Waals surface area contributed by atoms with Crippen LogP contribution in [0.1, 0.15) is 35.7 Å². The van der Waals surface area contributed by atoms with Gasteiger partial charge in [-0.05, 0) is 43.4 Å². The molecule has 158 valence electrons. The first-order valence-electron chi connectivity index (χ1n) is 9.91. The number of aryl methyl sites for hydroxylation is 1. The first kappa shape index (κ1) is 21.3. The van der Waals surface area contributed by atoms with Crippen LogP contribution in [-0.2, 0) is 9.53 Å². The Labute approximate surface area is 175 Å². The predicted octanol–water partition coefficient (Wildman–Crippen LogP) is 3.94. The van der Waals surface area contributed by atoms with Crippen molar-refractivity contribution in [1.82, 2.24) is 0 Å². The molecule has 2 aromatic rings. The van der Waals surface area contributed by atoms with E-state index in [-0.39, 0.29) is 11.3 Å². The van der Waals surface area contributed by atoms with Crippen molar-refractivity contribution >= 4 is 28.9 Å². The maximum Gasteiger partial charge on any atom is 0.341 e. The Hall–Kier alpha value is -3.42. The van der Waals surface area contributed by atoms with Gasteiger partial charge in [0.05, 0.1) is 16.2 Å². The van der Waals surface area contributed by atoms with E-state index in [0.717, 1.165) is 31.5 Å². The molecule has 0 spiro atoms. The molecule has 1 N–H and O–H groups in total. The first-order chi connectivity index (χ1) is 14.3. The highest BCUT2D eigenvalue weighted by atomic mass is 16.6. The van der Waals surface area contributed by atoms with E-state index in [0.29, 0.717) is 17.3 Å². The number of esters is 1. The van der Waals surface area contributed by atoms with Gasteiger partial charge in [-0.2, -0.15) is 0 Å². The number of para-hydroxylation sites is 1. The van der Waals surface area contributed by atoms with Crippen LogP contribution in [0.3, 0.4) is 0 Å². The summed E-state index contributed by atoms with van der Waals surface area (Å²) >= 11 is 0. The van der Waals surface area contributed by atoms with Gasteiger partial charge in [0.25, 0.3) is 11.6 Å². The average Bonchev–Trinajstić information content (AvgIpc) is 2.74. The number of hydrogen-bond acceptors (Lipinski definition) is 6. The fourth-order valence-corrected chi connectivity index (χ4v) is 3.43. The number of nitrogens with one attached hydrogen (secondary N) is 1. The molecule has 0 unspecified atom stereocenters. The van der Waals surface area contributed by atoms with E-state index in [9.17, 15) is 19.7 Å². The van der Waals surface area contributed by atoms with Crippen LogP contribution in [0, 0.1) is 23.0 Å². The lowest BCUT2D eigenvalue weighted by Crippen LogP contribution is -2.34. The van der Waals surface area contributed by atoms with Crippen LogP contribution in [0.2, 0.25) is 0 Å². The lowest BCUT2D eigenvalue weighted by atomic mass is 9.98. The summed E-state index contributed by atoms with van der Waals surface area (Å²) in [5, 5.41) is 13.9. The highest BCUT2D eigenvalue weighted by Crippen LogP contribution is 2.30. The van der Waals surface area contributed by atoms with Crippen LogP contribution in [0.15, 0.2) is 42.5 Å². The van der Waals surface area contributed by atoms with Gasteiger partial charge in [0.15, 0.2) is 6.61 Å². The summed E-state index contributed by atoms with van der Waals surface area (Å²) < 4.78 is 5.19. The molecule has 1 aliphatic rings. The van der Waals surface area contributed by atoms with Gasteiger partial charge >= 0.3 is 5.97 Å². The van der Waals surface area contributed by atoms with Gasteiger partial charge in [-0.25, -0.2) is 4.79 Å². The van der Waals surface area contributed by atoms with Crippen molar-refractivity contribution in [3.8, 4) is 0 Å².